The third kappa shape index (κ3) is 6.41. The van der Waals surface area contributed by atoms with Gasteiger partial charge in [-0.1, -0.05) is 41.9 Å². The Hall–Kier alpha value is -2.18. The van der Waals surface area contributed by atoms with E-state index in [1.165, 1.54) is 21.3 Å². The zero-order chi connectivity index (χ0) is 21.4. The van der Waals surface area contributed by atoms with Crippen LogP contribution in [0.15, 0.2) is 48.5 Å². The van der Waals surface area contributed by atoms with Crippen molar-refractivity contribution in [3.8, 4) is 0 Å². The van der Waals surface area contributed by atoms with Crippen molar-refractivity contribution >= 4 is 31.1 Å². The Morgan fingerprint density at radius 1 is 1.03 bits per heavy atom. The molecule has 7 nitrogen and oxygen atoms in total. The summed E-state index contributed by atoms with van der Waals surface area (Å²) in [5.74, 6) is -1.02. The second-order valence-electron chi connectivity index (χ2n) is 6.18. The van der Waals surface area contributed by atoms with Crippen molar-refractivity contribution < 1.29 is 27.9 Å². The zero-order valence-corrected chi connectivity index (χ0v) is 18.0. The fourth-order valence-corrected chi connectivity index (χ4v) is 3.93. The van der Waals surface area contributed by atoms with Gasteiger partial charge in [0.1, 0.15) is 6.04 Å². The van der Waals surface area contributed by atoms with Crippen LogP contribution in [0.5, 0.6) is 0 Å². The largest absolute Gasteiger partial charge is 0.467 e. The number of methoxy groups -OCH3 is 1. The van der Waals surface area contributed by atoms with Crippen molar-refractivity contribution in [2.24, 2.45) is 0 Å². The fourth-order valence-electron chi connectivity index (χ4n) is 2.65. The first-order valence-corrected chi connectivity index (χ1v) is 10.8. The quantitative estimate of drug-likeness (QED) is 0.471. The molecule has 9 heteroatoms. The van der Waals surface area contributed by atoms with Crippen LogP contribution in [0.1, 0.15) is 21.5 Å². The van der Waals surface area contributed by atoms with Gasteiger partial charge in [0.2, 0.25) is 0 Å². The Balaban J connectivity index is 2.12. The summed E-state index contributed by atoms with van der Waals surface area (Å²) >= 11 is 6.16. The molecule has 0 radical (unpaired) electrons. The van der Waals surface area contributed by atoms with E-state index in [2.05, 4.69) is 5.32 Å². The molecule has 0 aliphatic heterocycles. The number of rotatable bonds is 9. The van der Waals surface area contributed by atoms with Crippen LogP contribution in [0.2, 0.25) is 5.02 Å². The van der Waals surface area contributed by atoms with Crippen LogP contribution in [-0.2, 0) is 35.7 Å². The fraction of sp³-hybridized carbons (Fsp3) is 0.300. The van der Waals surface area contributed by atoms with Crippen molar-refractivity contribution in [2.45, 2.75) is 18.6 Å². The highest BCUT2D eigenvalue weighted by Crippen LogP contribution is 2.49. The van der Waals surface area contributed by atoms with E-state index in [9.17, 15) is 14.2 Å². The number of carbonyl (C=O) groups excluding carboxylic acids is 2. The molecule has 0 fully saturated rings. The minimum Gasteiger partial charge on any atom is -0.467 e. The van der Waals surface area contributed by atoms with Gasteiger partial charge in [0.25, 0.3) is 5.91 Å². The van der Waals surface area contributed by atoms with E-state index >= 15 is 0 Å². The molecule has 0 aliphatic carbocycles. The molecule has 0 aliphatic rings. The van der Waals surface area contributed by atoms with E-state index in [-0.39, 0.29) is 12.6 Å². The van der Waals surface area contributed by atoms with Gasteiger partial charge < -0.3 is 19.1 Å². The van der Waals surface area contributed by atoms with E-state index in [0.29, 0.717) is 16.1 Å². The molecule has 0 spiro atoms. The lowest BCUT2D eigenvalue weighted by molar-refractivity contribution is -0.142. The second kappa shape index (κ2) is 10.6. The lowest BCUT2D eigenvalue weighted by atomic mass is 10.0. The molecule has 29 heavy (non-hydrogen) atoms. The number of nitrogens with one attached hydrogen (secondary N) is 1. The molecule has 2 aromatic rings. The van der Waals surface area contributed by atoms with Gasteiger partial charge in [0.05, 0.1) is 13.3 Å². The Labute approximate surface area is 174 Å². The summed E-state index contributed by atoms with van der Waals surface area (Å²) in [6, 6.07) is 12.6. The summed E-state index contributed by atoms with van der Waals surface area (Å²) in [7, 11) is 0.692. The molecule has 1 amide bonds. The first kappa shape index (κ1) is 23.1. The number of ether oxygens (including phenoxy) is 1. The number of hydrogen-bond donors (Lipinski definition) is 1. The maximum absolute atomic E-state index is 12.6. The van der Waals surface area contributed by atoms with Crippen molar-refractivity contribution in [1.29, 1.82) is 0 Å². The molecule has 0 heterocycles. The lowest BCUT2D eigenvalue weighted by Gasteiger charge is -2.17. The number of carbonyl (C=O) groups is 2. The SMILES string of the molecule is COC(=O)[C@@H](Cc1ccccc1Cl)NC(=O)c1ccc(CP(=O)(OC)OC)cc1. The maximum atomic E-state index is 12.6. The van der Waals surface area contributed by atoms with Gasteiger partial charge in [-0.2, -0.15) is 0 Å². The smallest absolute Gasteiger partial charge is 0.334 e. The van der Waals surface area contributed by atoms with Crippen LogP contribution >= 0.6 is 19.2 Å². The molecular formula is C20H23ClNO6P. The predicted molar refractivity (Wildman–Crippen MR) is 110 cm³/mol. The number of hydrogen-bond acceptors (Lipinski definition) is 6. The van der Waals surface area contributed by atoms with Crippen molar-refractivity contribution in [3.05, 3.63) is 70.2 Å². The summed E-state index contributed by atoms with van der Waals surface area (Å²) in [6.45, 7) is 0. The Kier molecular flexibility index (Phi) is 8.41. The van der Waals surface area contributed by atoms with Gasteiger partial charge in [-0.15, -0.1) is 0 Å². The molecule has 1 atom stereocenters. The molecule has 156 valence electrons. The van der Waals surface area contributed by atoms with Gasteiger partial charge in [0.15, 0.2) is 0 Å². The van der Waals surface area contributed by atoms with Gasteiger partial charge in [-0.25, -0.2) is 4.79 Å². The van der Waals surface area contributed by atoms with E-state index < -0.39 is 25.5 Å². The Bertz CT molecular complexity index is 894. The van der Waals surface area contributed by atoms with Crippen molar-refractivity contribution in [3.63, 3.8) is 0 Å². The summed E-state index contributed by atoms with van der Waals surface area (Å²) in [6.07, 6.45) is 0.278. The summed E-state index contributed by atoms with van der Waals surface area (Å²) in [4.78, 5) is 24.7. The molecule has 2 aromatic carbocycles. The van der Waals surface area contributed by atoms with Crippen LogP contribution in [0.3, 0.4) is 0 Å². The van der Waals surface area contributed by atoms with E-state index in [4.69, 9.17) is 25.4 Å². The number of halogens is 1. The highest BCUT2D eigenvalue weighted by atomic mass is 35.5. The first-order chi connectivity index (χ1) is 13.8. The number of amides is 1. The van der Waals surface area contributed by atoms with Crippen LogP contribution in [0, 0.1) is 0 Å². The van der Waals surface area contributed by atoms with Crippen LogP contribution in [0.4, 0.5) is 0 Å². The monoisotopic (exact) mass is 439 g/mol. The van der Waals surface area contributed by atoms with Gasteiger partial charge in [-0.05, 0) is 29.3 Å². The minimum atomic E-state index is -3.20. The molecule has 1 N–H and O–H groups in total. The van der Waals surface area contributed by atoms with Crippen LogP contribution in [0.25, 0.3) is 0 Å². The highest BCUT2D eigenvalue weighted by Gasteiger charge is 2.24. The third-order valence-corrected chi connectivity index (χ3v) is 6.56. The van der Waals surface area contributed by atoms with Crippen LogP contribution in [-0.4, -0.2) is 39.2 Å². The molecule has 0 aromatic heterocycles. The average molecular weight is 440 g/mol. The normalized spacial score (nSPS) is 12.3. The van der Waals surface area contributed by atoms with E-state index in [1.807, 2.05) is 0 Å². The van der Waals surface area contributed by atoms with E-state index in [0.717, 1.165) is 5.56 Å². The summed E-state index contributed by atoms with van der Waals surface area (Å²) in [5.41, 5.74) is 1.75. The van der Waals surface area contributed by atoms with E-state index in [1.54, 1.807) is 48.5 Å². The van der Waals surface area contributed by atoms with Crippen LogP contribution < -0.4 is 5.32 Å². The van der Waals surface area contributed by atoms with Gasteiger partial charge >= 0.3 is 13.6 Å². The Morgan fingerprint density at radius 3 is 2.21 bits per heavy atom. The summed E-state index contributed by atoms with van der Waals surface area (Å²) in [5, 5.41) is 3.17. The molecule has 0 unspecified atom stereocenters. The third-order valence-electron chi connectivity index (χ3n) is 4.32. The van der Waals surface area contributed by atoms with Gasteiger partial charge in [0, 0.05) is 31.2 Å². The zero-order valence-electron chi connectivity index (χ0n) is 16.4. The summed E-state index contributed by atoms with van der Waals surface area (Å²) < 4.78 is 26.8. The Morgan fingerprint density at radius 2 is 1.66 bits per heavy atom. The van der Waals surface area contributed by atoms with Gasteiger partial charge in [-0.3, -0.25) is 9.36 Å². The standard InChI is InChI=1S/C20H23ClNO6P/c1-26-20(24)18(12-16-6-4-5-7-17(16)21)22-19(23)15-10-8-14(9-11-15)13-29(25,27-2)28-3/h4-11,18H,12-13H2,1-3H3,(H,22,23)/t18-/m1/s1. The molecule has 0 bridgehead atoms. The predicted octanol–water partition coefficient (Wildman–Crippen LogP) is 3.84. The number of esters is 1. The van der Waals surface area contributed by atoms with Crippen molar-refractivity contribution in [1.82, 2.24) is 5.32 Å². The minimum absolute atomic E-state index is 0.0825. The molecular weight excluding hydrogens is 417 g/mol. The topological polar surface area (TPSA) is 90.9 Å². The average Bonchev–Trinajstić information content (AvgIpc) is 2.74. The lowest BCUT2D eigenvalue weighted by Crippen LogP contribution is -2.43. The first-order valence-electron chi connectivity index (χ1n) is 8.73. The molecule has 2 rings (SSSR count). The van der Waals surface area contributed by atoms with Crippen molar-refractivity contribution in [2.75, 3.05) is 21.3 Å². The molecule has 0 saturated carbocycles. The maximum Gasteiger partial charge on any atom is 0.334 e. The highest BCUT2D eigenvalue weighted by molar-refractivity contribution is 7.52. The second-order valence-corrected chi connectivity index (χ2v) is 8.85. The number of benzene rings is 2. The molecule has 0 saturated heterocycles.